The molecule has 0 saturated heterocycles. The van der Waals surface area contributed by atoms with Crippen LogP contribution in [0.1, 0.15) is 39.1 Å². The fourth-order valence-corrected chi connectivity index (χ4v) is 3.27. The maximum Gasteiger partial charge on any atom is 0.258 e. The largest absolute Gasteiger partial charge is 0.361 e. The summed E-state index contributed by atoms with van der Waals surface area (Å²) in [4.78, 5) is 28.7. The van der Waals surface area contributed by atoms with Crippen LogP contribution in [0.2, 0.25) is 0 Å². The first-order chi connectivity index (χ1) is 12.5. The van der Waals surface area contributed by atoms with E-state index < -0.39 is 0 Å². The topological polar surface area (TPSA) is 85.1 Å². The average Bonchev–Trinajstić information content (AvgIpc) is 3.06. The van der Waals surface area contributed by atoms with E-state index in [0.29, 0.717) is 27.6 Å². The molecule has 0 spiro atoms. The van der Waals surface area contributed by atoms with Crippen LogP contribution >= 0.6 is 11.8 Å². The summed E-state index contributed by atoms with van der Waals surface area (Å²) >= 11 is 1.40. The highest BCUT2D eigenvalue weighted by molar-refractivity contribution is 7.98. The van der Waals surface area contributed by atoms with Crippen LogP contribution in [0.5, 0.6) is 0 Å². The second-order valence-corrected chi connectivity index (χ2v) is 6.59. The number of thioether (sulfide) groups is 1. The number of pyridine rings is 1. The lowest BCUT2D eigenvalue weighted by Crippen LogP contribution is -2.15. The van der Waals surface area contributed by atoms with Gasteiger partial charge in [-0.25, -0.2) is 4.98 Å². The second-order valence-electron chi connectivity index (χ2n) is 5.63. The second kappa shape index (κ2) is 7.97. The number of carbonyl (C=O) groups excluding carboxylic acids is 2. The number of para-hydroxylation sites is 1. The first-order valence-electron chi connectivity index (χ1n) is 7.96. The van der Waals surface area contributed by atoms with E-state index in [0.717, 1.165) is 11.5 Å². The number of ketones is 1. The highest BCUT2D eigenvalue weighted by Crippen LogP contribution is 2.25. The molecule has 1 N–H and O–H groups in total. The number of carbonyl (C=O) groups is 2. The molecule has 0 atom stereocenters. The molecule has 2 aromatic heterocycles. The number of hydrogen-bond donors (Lipinski definition) is 1. The minimum Gasteiger partial charge on any atom is -0.361 e. The average molecular weight is 367 g/mol. The number of aryl methyl sites for hydroxylation is 1. The van der Waals surface area contributed by atoms with Crippen molar-refractivity contribution < 1.29 is 14.1 Å². The van der Waals surface area contributed by atoms with Crippen LogP contribution in [0.15, 0.2) is 58.2 Å². The Labute approximate surface area is 155 Å². The summed E-state index contributed by atoms with van der Waals surface area (Å²) in [5.41, 5.74) is 2.18. The summed E-state index contributed by atoms with van der Waals surface area (Å²) in [6.07, 6.45) is 1.64. The fourth-order valence-electron chi connectivity index (χ4n) is 2.40. The van der Waals surface area contributed by atoms with Crippen molar-refractivity contribution in [3.63, 3.8) is 0 Å². The molecule has 0 fully saturated rings. The molecule has 0 saturated carbocycles. The maximum atomic E-state index is 12.7. The summed E-state index contributed by atoms with van der Waals surface area (Å²) in [7, 11) is 0. The van der Waals surface area contributed by atoms with Crippen LogP contribution in [0.25, 0.3) is 0 Å². The van der Waals surface area contributed by atoms with Crippen molar-refractivity contribution in [2.75, 3.05) is 5.32 Å². The summed E-state index contributed by atoms with van der Waals surface area (Å²) in [5.74, 6) is 0.854. The van der Waals surface area contributed by atoms with Gasteiger partial charge in [0.15, 0.2) is 5.78 Å². The number of benzene rings is 1. The number of Topliss-reactive ketones (excluding diaryl/α,β-unsaturated/α-hetero) is 1. The standard InChI is InChI=1S/C19H17N3O3S/c1-12-10-14(22-25-12)11-26-19-16(7-5-9-20-19)18(24)21-17-8-4-3-6-15(17)13(2)23/h3-10H,11H2,1-2H3,(H,21,24). The summed E-state index contributed by atoms with van der Waals surface area (Å²) < 4.78 is 5.05. The zero-order valence-electron chi connectivity index (χ0n) is 14.4. The maximum absolute atomic E-state index is 12.7. The molecule has 0 aliphatic rings. The lowest BCUT2D eigenvalue weighted by Gasteiger charge is -2.11. The molecular weight excluding hydrogens is 350 g/mol. The Morgan fingerprint density at radius 3 is 2.65 bits per heavy atom. The van der Waals surface area contributed by atoms with Crippen LogP contribution < -0.4 is 5.32 Å². The molecule has 0 aliphatic carbocycles. The lowest BCUT2D eigenvalue weighted by atomic mass is 10.1. The third-order valence-electron chi connectivity index (χ3n) is 3.60. The number of nitrogens with zero attached hydrogens (tertiary/aromatic N) is 2. The molecule has 7 heteroatoms. The Bertz CT molecular complexity index is 952. The number of nitrogens with one attached hydrogen (secondary N) is 1. The van der Waals surface area contributed by atoms with E-state index >= 15 is 0 Å². The molecule has 0 bridgehead atoms. The predicted molar refractivity (Wildman–Crippen MR) is 99.4 cm³/mol. The van der Waals surface area contributed by atoms with Gasteiger partial charge in [0.25, 0.3) is 5.91 Å². The van der Waals surface area contributed by atoms with Gasteiger partial charge in [-0.05, 0) is 38.1 Å². The van der Waals surface area contributed by atoms with Gasteiger partial charge in [-0.1, -0.05) is 29.1 Å². The Balaban J connectivity index is 1.79. The van der Waals surface area contributed by atoms with Gasteiger partial charge < -0.3 is 9.84 Å². The number of amides is 1. The summed E-state index contributed by atoms with van der Waals surface area (Å²) in [6, 6.07) is 12.2. The lowest BCUT2D eigenvalue weighted by molar-refractivity contribution is 0.101. The van der Waals surface area contributed by atoms with Gasteiger partial charge in [0.1, 0.15) is 10.8 Å². The molecule has 3 rings (SSSR count). The third-order valence-corrected chi connectivity index (χ3v) is 4.64. The van der Waals surface area contributed by atoms with E-state index in [4.69, 9.17) is 4.52 Å². The Hall–Kier alpha value is -2.93. The van der Waals surface area contributed by atoms with E-state index in [1.54, 1.807) is 42.6 Å². The van der Waals surface area contributed by atoms with Crippen molar-refractivity contribution in [2.24, 2.45) is 0 Å². The molecule has 0 aliphatic heterocycles. The SMILES string of the molecule is CC(=O)c1ccccc1NC(=O)c1cccnc1SCc1cc(C)on1. The number of rotatable bonds is 6. The predicted octanol–water partition coefficient (Wildman–Crippen LogP) is 4.13. The van der Waals surface area contributed by atoms with Crippen molar-refractivity contribution in [1.29, 1.82) is 0 Å². The molecule has 132 valence electrons. The van der Waals surface area contributed by atoms with E-state index in [1.807, 2.05) is 13.0 Å². The minimum atomic E-state index is -0.314. The van der Waals surface area contributed by atoms with Crippen molar-refractivity contribution >= 4 is 29.1 Å². The van der Waals surface area contributed by atoms with Crippen LogP contribution in [0, 0.1) is 6.92 Å². The Kier molecular flexibility index (Phi) is 5.48. The molecule has 2 heterocycles. The van der Waals surface area contributed by atoms with Crippen molar-refractivity contribution in [1.82, 2.24) is 10.1 Å². The smallest absolute Gasteiger partial charge is 0.258 e. The quantitative estimate of drug-likeness (QED) is 0.521. The highest BCUT2D eigenvalue weighted by atomic mass is 32.2. The molecule has 0 radical (unpaired) electrons. The van der Waals surface area contributed by atoms with Crippen molar-refractivity contribution in [3.8, 4) is 0 Å². The minimum absolute atomic E-state index is 0.108. The van der Waals surface area contributed by atoms with Gasteiger partial charge in [-0.15, -0.1) is 0 Å². The summed E-state index contributed by atoms with van der Waals surface area (Å²) in [5, 5.41) is 7.33. The molecule has 0 unspecified atom stereocenters. The van der Waals surface area contributed by atoms with Crippen molar-refractivity contribution in [2.45, 2.75) is 24.6 Å². The molecular formula is C19H17N3O3S. The van der Waals surface area contributed by atoms with Crippen LogP contribution in [0.4, 0.5) is 5.69 Å². The zero-order chi connectivity index (χ0) is 18.5. The third kappa shape index (κ3) is 4.18. The summed E-state index contributed by atoms with van der Waals surface area (Å²) in [6.45, 7) is 3.30. The van der Waals surface area contributed by atoms with Crippen LogP contribution in [-0.2, 0) is 5.75 Å². The zero-order valence-corrected chi connectivity index (χ0v) is 15.2. The highest BCUT2D eigenvalue weighted by Gasteiger charge is 2.16. The molecule has 1 amide bonds. The molecule has 1 aromatic carbocycles. The van der Waals surface area contributed by atoms with Crippen LogP contribution in [-0.4, -0.2) is 21.8 Å². The molecule has 6 nitrogen and oxygen atoms in total. The van der Waals surface area contributed by atoms with Gasteiger partial charge in [0.2, 0.25) is 0 Å². The number of anilines is 1. The first-order valence-corrected chi connectivity index (χ1v) is 8.94. The fraction of sp³-hybridized carbons (Fsp3) is 0.158. The Morgan fingerprint density at radius 2 is 1.92 bits per heavy atom. The normalized spacial score (nSPS) is 10.5. The van der Waals surface area contributed by atoms with Gasteiger partial charge >= 0.3 is 0 Å². The molecule has 26 heavy (non-hydrogen) atoms. The Morgan fingerprint density at radius 1 is 1.15 bits per heavy atom. The van der Waals surface area contributed by atoms with E-state index in [2.05, 4.69) is 15.5 Å². The van der Waals surface area contributed by atoms with Gasteiger partial charge in [-0.2, -0.15) is 0 Å². The van der Waals surface area contributed by atoms with Gasteiger partial charge in [0, 0.05) is 23.6 Å². The first kappa shape index (κ1) is 17.9. The number of hydrogen-bond acceptors (Lipinski definition) is 6. The van der Waals surface area contributed by atoms with Crippen molar-refractivity contribution in [3.05, 3.63) is 71.2 Å². The van der Waals surface area contributed by atoms with Gasteiger partial charge in [0.05, 0.1) is 16.9 Å². The number of aromatic nitrogens is 2. The van der Waals surface area contributed by atoms with E-state index in [9.17, 15) is 9.59 Å². The van der Waals surface area contributed by atoms with E-state index in [-0.39, 0.29) is 11.7 Å². The monoisotopic (exact) mass is 367 g/mol. The van der Waals surface area contributed by atoms with E-state index in [1.165, 1.54) is 18.7 Å². The van der Waals surface area contributed by atoms with Gasteiger partial charge in [-0.3, -0.25) is 9.59 Å². The molecule has 3 aromatic rings. The van der Waals surface area contributed by atoms with Crippen LogP contribution in [0.3, 0.4) is 0 Å².